The van der Waals surface area contributed by atoms with Gasteiger partial charge in [-0.25, -0.2) is 0 Å². The lowest BCUT2D eigenvalue weighted by atomic mass is 10.00. The fourth-order valence-electron chi connectivity index (χ4n) is 3.72. The Hall–Kier alpha value is -2.04. The van der Waals surface area contributed by atoms with Crippen LogP contribution in [0, 0.1) is 0 Å². The van der Waals surface area contributed by atoms with Gasteiger partial charge in [0.05, 0.1) is 0 Å². The molecule has 2 amide bonds. The Kier molecular flexibility index (Phi) is 11.2. The monoisotopic (exact) mass is 490 g/mol. The number of nitrogens with one attached hydrogen (secondary N) is 1. The van der Waals surface area contributed by atoms with Gasteiger partial charge >= 0.3 is 0 Å². The fraction of sp³-hybridized carbons (Fsp3) is 0.481. The molecule has 0 saturated carbocycles. The average molecular weight is 492 g/mol. The lowest BCUT2D eigenvalue weighted by molar-refractivity contribution is -0.141. The van der Waals surface area contributed by atoms with Crippen molar-refractivity contribution in [1.29, 1.82) is 0 Å². The number of hydrogen-bond donors (Lipinski definition) is 1. The van der Waals surface area contributed by atoms with E-state index < -0.39 is 6.04 Å². The average Bonchev–Trinajstić information content (AvgIpc) is 2.79. The Morgan fingerprint density at radius 2 is 1.73 bits per heavy atom. The summed E-state index contributed by atoms with van der Waals surface area (Å²) in [6.45, 7) is 9.20. The molecule has 0 heterocycles. The van der Waals surface area contributed by atoms with Crippen LogP contribution in [0.2, 0.25) is 10.0 Å². The number of rotatable bonds is 12. The van der Waals surface area contributed by atoms with Crippen molar-refractivity contribution in [2.24, 2.45) is 0 Å². The van der Waals surface area contributed by atoms with Crippen LogP contribution in [0.25, 0.3) is 0 Å². The van der Waals surface area contributed by atoms with Crippen molar-refractivity contribution < 1.29 is 9.59 Å². The number of unbranched alkanes of at least 4 members (excludes halogenated alkanes) is 1. The van der Waals surface area contributed by atoms with Gasteiger partial charge in [0.1, 0.15) is 6.04 Å². The van der Waals surface area contributed by atoms with E-state index in [2.05, 4.69) is 50.4 Å². The molecule has 0 saturated heterocycles. The third-order valence-electron chi connectivity index (χ3n) is 5.85. The van der Waals surface area contributed by atoms with Crippen LogP contribution in [0.3, 0.4) is 0 Å². The number of carbonyl (C=O) groups is 2. The Morgan fingerprint density at radius 1 is 1.03 bits per heavy atom. The second-order valence-corrected chi connectivity index (χ2v) is 9.57. The molecule has 180 valence electrons. The zero-order chi connectivity index (χ0) is 24.4. The molecule has 0 bridgehead atoms. The van der Waals surface area contributed by atoms with Gasteiger partial charge in [-0.05, 0) is 54.0 Å². The first kappa shape index (κ1) is 27.2. The van der Waals surface area contributed by atoms with Crippen molar-refractivity contribution >= 4 is 35.0 Å². The van der Waals surface area contributed by atoms with Crippen molar-refractivity contribution in [1.82, 2.24) is 10.2 Å². The standard InChI is InChI=1S/C27H36Cl2N2O2/c1-5-7-16-30-27(33)25(6-2)31(18-22-13-14-23(28)17-24(22)29)26(32)15-10-20-8-11-21(12-9-20)19(3)4/h8-9,11-14,17,19,25H,5-7,10,15-16,18H2,1-4H3,(H,30,33)/t25-/m1/s1. The van der Waals surface area contributed by atoms with Crippen LogP contribution in [0.4, 0.5) is 0 Å². The van der Waals surface area contributed by atoms with Gasteiger partial charge in [-0.15, -0.1) is 0 Å². The Labute approximate surface area is 208 Å². The fourth-order valence-corrected chi connectivity index (χ4v) is 4.19. The van der Waals surface area contributed by atoms with E-state index in [1.165, 1.54) is 5.56 Å². The van der Waals surface area contributed by atoms with Crippen LogP contribution in [0.1, 0.15) is 76.0 Å². The molecule has 1 N–H and O–H groups in total. The minimum absolute atomic E-state index is 0.0635. The maximum atomic E-state index is 13.4. The first-order valence-corrected chi connectivity index (χ1v) is 12.6. The van der Waals surface area contributed by atoms with E-state index in [-0.39, 0.29) is 18.4 Å². The zero-order valence-electron chi connectivity index (χ0n) is 20.2. The summed E-state index contributed by atoms with van der Waals surface area (Å²) in [5, 5.41) is 4.01. The number of aryl methyl sites for hydroxylation is 1. The maximum absolute atomic E-state index is 13.4. The largest absolute Gasteiger partial charge is 0.354 e. The lowest BCUT2D eigenvalue weighted by Gasteiger charge is -2.31. The predicted molar refractivity (Wildman–Crippen MR) is 138 cm³/mol. The van der Waals surface area contributed by atoms with Crippen molar-refractivity contribution in [2.75, 3.05) is 6.54 Å². The van der Waals surface area contributed by atoms with Gasteiger partial charge in [0.2, 0.25) is 11.8 Å². The highest BCUT2D eigenvalue weighted by Crippen LogP contribution is 2.24. The molecule has 0 radical (unpaired) electrons. The molecule has 0 aliphatic heterocycles. The Bertz CT molecular complexity index is 913. The number of amides is 2. The quantitative estimate of drug-likeness (QED) is 0.333. The summed E-state index contributed by atoms with van der Waals surface area (Å²) in [7, 11) is 0. The van der Waals surface area contributed by atoms with E-state index in [9.17, 15) is 9.59 Å². The molecule has 0 aliphatic carbocycles. The van der Waals surface area contributed by atoms with E-state index in [4.69, 9.17) is 23.2 Å². The molecule has 4 nitrogen and oxygen atoms in total. The smallest absolute Gasteiger partial charge is 0.242 e. The topological polar surface area (TPSA) is 49.4 Å². The number of nitrogens with zero attached hydrogens (tertiary/aromatic N) is 1. The van der Waals surface area contributed by atoms with Crippen molar-refractivity contribution in [3.8, 4) is 0 Å². The number of benzene rings is 2. The van der Waals surface area contributed by atoms with E-state index in [0.29, 0.717) is 41.8 Å². The summed E-state index contributed by atoms with van der Waals surface area (Å²) in [5.74, 6) is 0.286. The second-order valence-electron chi connectivity index (χ2n) is 8.72. The third kappa shape index (κ3) is 8.35. The summed E-state index contributed by atoms with van der Waals surface area (Å²) in [5.41, 5.74) is 3.16. The molecule has 1 atom stereocenters. The van der Waals surface area contributed by atoms with Gasteiger partial charge < -0.3 is 10.2 Å². The van der Waals surface area contributed by atoms with Gasteiger partial charge in [0.25, 0.3) is 0 Å². The maximum Gasteiger partial charge on any atom is 0.242 e. The highest BCUT2D eigenvalue weighted by Gasteiger charge is 2.28. The minimum Gasteiger partial charge on any atom is -0.354 e. The molecule has 2 rings (SSSR count). The highest BCUT2D eigenvalue weighted by atomic mass is 35.5. The molecule has 0 fully saturated rings. The van der Waals surface area contributed by atoms with E-state index in [1.54, 1.807) is 17.0 Å². The predicted octanol–water partition coefficient (Wildman–Crippen LogP) is 6.77. The van der Waals surface area contributed by atoms with Gasteiger partial charge in [-0.2, -0.15) is 0 Å². The number of hydrogen-bond acceptors (Lipinski definition) is 2. The molecule has 0 aromatic heterocycles. The van der Waals surface area contributed by atoms with Crippen molar-refractivity contribution in [2.45, 2.75) is 78.3 Å². The summed E-state index contributed by atoms with van der Waals surface area (Å²) >= 11 is 12.4. The summed E-state index contributed by atoms with van der Waals surface area (Å²) in [6, 6.07) is 13.1. The molecular weight excluding hydrogens is 455 g/mol. The summed E-state index contributed by atoms with van der Waals surface area (Å²) < 4.78 is 0. The van der Waals surface area contributed by atoms with E-state index in [1.807, 2.05) is 13.0 Å². The third-order valence-corrected chi connectivity index (χ3v) is 6.43. The molecule has 33 heavy (non-hydrogen) atoms. The van der Waals surface area contributed by atoms with Crippen LogP contribution >= 0.6 is 23.2 Å². The first-order valence-electron chi connectivity index (χ1n) is 11.9. The number of carbonyl (C=O) groups excluding carboxylic acids is 2. The molecule has 0 unspecified atom stereocenters. The summed E-state index contributed by atoms with van der Waals surface area (Å²) in [4.78, 5) is 28.0. The minimum atomic E-state index is -0.551. The van der Waals surface area contributed by atoms with E-state index in [0.717, 1.165) is 24.0 Å². The molecular formula is C27H36Cl2N2O2. The van der Waals surface area contributed by atoms with Gasteiger partial charge in [-0.1, -0.05) is 87.6 Å². The Morgan fingerprint density at radius 3 is 2.30 bits per heavy atom. The van der Waals surface area contributed by atoms with Gasteiger partial charge in [0, 0.05) is 29.6 Å². The second kappa shape index (κ2) is 13.6. The van der Waals surface area contributed by atoms with Crippen LogP contribution in [-0.4, -0.2) is 29.3 Å². The molecule has 0 aliphatic rings. The molecule has 0 spiro atoms. The van der Waals surface area contributed by atoms with Crippen LogP contribution < -0.4 is 5.32 Å². The van der Waals surface area contributed by atoms with Crippen LogP contribution in [-0.2, 0) is 22.6 Å². The lowest BCUT2D eigenvalue weighted by Crippen LogP contribution is -2.49. The Balaban J connectivity index is 2.20. The molecule has 6 heteroatoms. The van der Waals surface area contributed by atoms with Crippen molar-refractivity contribution in [3.63, 3.8) is 0 Å². The van der Waals surface area contributed by atoms with Crippen molar-refractivity contribution in [3.05, 3.63) is 69.2 Å². The summed E-state index contributed by atoms with van der Waals surface area (Å²) in [6.07, 6.45) is 3.38. The van der Waals surface area contributed by atoms with Crippen LogP contribution in [0.15, 0.2) is 42.5 Å². The zero-order valence-corrected chi connectivity index (χ0v) is 21.7. The van der Waals surface area contributed by atoms with Gasteiger partial charge in [-0.3, -0.25) is 9.59 Å². The molecule has 2 aromatic carbocycles. The highest BCUT2D eigenvalue weighted by molar-refractivity contribution is 6.35. The normalized spacial score (nSPS) is 12.0. The SMILES string of the molecule is CCCCNC(=O)[C@@H](CC)N(Cc1ccc(Cl)cc1Cl)C(=O)CCc1ccc(C(C)C)cc1. The van der Waals surface area contributed by atoms with E-state index >= 15 is 0 Å². The molecule has 2 aromatic rings. The number of halogens is 2. The van der Waals surface area contributed by atoms with Crippen LogP contribution in [0.5, 0.6) is 0 Å². The van der Waals surface area contributed by atoms with Gasteiger partial charge in [0.15, 0.2) is 0 Å². The first-order chi connectivity index (χ1) is 15.8.